The highest BCUT2D eigenvalue weighted by Gasteiger charge is 2.38. The van der Waals surface area contributed by atoms with Crippen LogP contribution in [0, 0.1) is 0 Å². The van der Waals surface area contributed by atoms with Crippen molar-refractivity contribution in [1.29, 1.82) is 0 Å². The van der Waals surface area contributed by atoms with Crippen LogP contribution in [0.1, 0.15) is 37.6 Å². The third-order valence-electron chi connectivity index (χ3n) is 4.60. The molecular weight excluding hydrogens is 370 g/mol. The van der Waals surface area contributed by atoms with Crippen molar-refractivity contribution < 1.29 is 19.1 Å². The summed E-state index contributed by atoms with van der Waals surface area (Å²) in [7, 11) is 0. The van der Waals surface area contributed by atoms with Gasteiger partial charge < -0.3 is 20.3 Å². The van der Waals surface area contributed by atoms with Crippen LogP contribution in [0.15, 0.2) is 48.5 Å². The third kappa shape index (κ3) is 4.74. The van der Waals surface area contributed by atoms with Crippen LogP contribution in [0.5, 0.6) is 0 Å². The van der Waals surface area contributed by atoms with Crippen LogP contribution in [0.4, 0.5) is 17.1 Å². The molecule has 7 nitrogen and oxygen atoms in total. The summed E-state index contributed by atoms with van der Waals surface area (Å²) in [6, 6.07) is 14.2. The van der Waals surface area contributed by atoms with Crippen LogP contribution in [0.25, 0.3) is 0 Å². The smallest absolute Gasteiger partial charge is 0.338 e. The molecule has 0 fully saturated rings. The summed E-state index contributed by atoms with van der Waals surface area (Å²) in [6.45, 7) is 5.73. The van der Waals surface area contributed by atoms with Gasteiger partial charge in [0.1, 0.15) is 5.54 Å². The van der Waals surface area contributed by atoms with Crippen molar-refractivity contribution in [3.05, 3.63) is 54.1 Å². The first-order valence-corrected chi connectivity index (χ1v) is 9.52. The maximum Gasteiger partial charge on any atom is 0.338 e. The molecule has 1 aliphatic heterocycles. The molecular formula is C22H25N3O4. The van der Waals surface area contributed by atoms with Crippen LogP contribution in [-0.4, -0.2) is 36.5 Å². The second-order valence-electron chi connectivity index (χ2n) is 7.48. The number of ether oxygens (including phenoxy) is 1. The number of rotatable bonds is 6. The summed E-state index contributed by atoms with van der Waals surface area (Å²) < 4.78 is 5.35. The summed E-state index contributed by atoms with van der Waals surface area (Å²) in [5.41, 5.74) is 1.93. The molecule has 0 aromatic heterocycles. The van der Waals surface area contributed by atoms with Gasteiger partial charge >= 0.3 is 5.97 Å². The molecule has 29 heavy (non-hydrogen) atoms. The molecule has 1 heterocycles. The first kappa shape index (κ1) is 20.4. The lowest BCUT2D eigenvalue weighted by atomic mass is 9.98. The monoisotopic (exact) mass is 395 g/mol. The molecule has 2 aromatic rings. The zero-order valence-corrected chi connectivity index (χ0v) is 16.8. The van der Waals surface area contributed by atoms with Gasteiger partial charge in [-0.15, -0.1) is 0 Å². The van der Waals surface area contributed by atoms with Gasteiger partial charge in [-0.1, -0.05) is 18.2 Å². The average molecular weight is 395 g/mol. The van der Waals surface area contributed by atoms with E-state index in [0.717, 1.165) is 11.4 Å². The highest BCUT2D eigenvalue weighted by Crippen LogP contribution is 2.34. The zero-order chi connectivity index (χ0) is 21.0. The summed E-state index contributed by atoms with van der Waals surface area (Å²) in [6.07, 6.45) is 0.507. The van der Waals surface area contributed by atoms with Gasteiger partial charge in [-0.05, 0) is 50.6 Å². The SMILES string of the molecule is CC(=O)Nc1cccc(C(=O)OCCCN2C(=O)C(C)(C)Nc3ccccc32)c1. The molecule has 7 heteroatoms. The van der Waals surface area contributed by atoms with Gasteiger partial charge in [0.05, 0.1) is 23.5 Å². The minimum absolute atomic E-state index is 0.0227. The highest BCUT2D eigenvalue weighted by atomic mass is 16.5. The van der Waals surface area contributed by atoms with Gasteiger partial charge in [-0.3, -0.25) is 9.59 Å². The van der Waals surface area contributed by atoms with E-state index >= 15 is 0 Å². The molecule has 2 N–H and O–H groups in total. The number of carbonyl (C=O) groups excluding carboxylic acids is 3. The molecule has 0 radical (unpaired) electrons. The van der Waals surface area contributed by atoms with Gasteiger partial charge in [-0.2, -0.15) is 0 Å². The number of anilines is 3. The Morgan fingerprint density at radius 3 is 2.66 bits per heavy atom. The van der Waals surface area contributed by atoms with Gasteiger partial charge in [0.25, 0.3) is 5.91 Å². The second-order valence-corrected chi connectivity index (χ2v) is 7.48. The Balaban J connectivity index is 1.58. The molecule has 2 aromatic carbocycles. The summed E-state index contributed by atoms with van der Waals surface area (Å²) >= 11 is 0. The fourth-order valence-corrected chi connectivity index (χ4v) is 3.27. The van der Waals surface area contributed by atoms with Gasteiger partial charge in [0, 0.05) is 19.2 Å². The van der Waals surface area contributed by atoms with E-state index in [0.29, 0.717) is 24.2 Å². The third-order valence-corrected chi connectivity index (χ3v) is 4.60. The molecule has 3 rings (SSSR count). The van der Waals surface area contributed by atoms with Crippen molar-refractivity contribution in [1.82, 2.24) is 0 Å². The number of amides is 2. The van der Waals surface area contributed by atoms with Crippen molar-refractivity contribution in [2.75, 3.05) is 28.7 Å². The molecule has 0 spiro atoms. The van der Waals surface area contributed by atoms with Gasteiger partial charge in [0.15, 0.2) is 0 Å². The normalized spacial score (nSPS) is 14.6. The minimum Gasteiger partial charge on any atom is -0.462 e. The number of nitrogens with zero attached hydrogens (tertiary/aromatic N) is 1. The van der Waals surface area contributed by atoms with Crippen molar-refractivity contribution >= 4 is 34.8 Å². The fraction of sp³-hybridized carbons (Fsp3) is 0.318. The molecule has 1 aliphatic rings. The lowest BCUT2D eigenvalue weighted by Gasteiger charge is -2.40. The predicted octanol–water partition coefficient (Wildman–Crippen LogP) is 3.43. The molecule has 0 saturated carbocycles. The molecule has 2 amide bonds. The Morgan fingerprint density at radius 2 is 1.90 bits per heavy atom. The number of para-hydroxylation sites is 2. The van der Waals surface area contributed by atoms with Crippen LogP contribution < -0.4 is 15.5 Å². The first-order chi connectivity index (χ1) is 13.8. The largest absolute Gasteiger partial charge is 0.462 e. The van der Waals surface area contributed by atoms with Gasteiger partial charge in [0.2, 0.25) is 5.91 Å². The Bertz CT molecular complexity index is 939. The van der Waals surface area contributed by atoms with Crippen LogP contribution >= 0.6 is 0 Å². The lowest BCUT2D eigenvalue weighted by molar-refractivity contribution is -0.122. The number of hydrogen-bond acceptors (Lipinski definition) is 5. The van der Waals surface area contributed by atoms with E-state index in [2.05, 4.69) is 10.6 Å². The Kier molecular flexibility index (Phi) is 5.87. The number of benzene rings is 2. The Hall–Kier alpha value is -3.35. The Labute approximate surface area is 170 Å². The highest BCUT2D eigenvalue weighted by molar-refractivity contribution is 6.07. The number of fused-ring (bicyclic) bond motifs is 1. The topological polar surface area (TPSA) is 87.7 Å². The average Bonchev–Trinajstić information content (AvgIpc) is 2.67. The van der Waals surface area contributed by atoms with E-state index in [1.54, 1.807) is 29.2 Å². The maximum absolute atomic E-state index is 12.8. The van der Waals surface area contributed by atoms with E-state index in [1.165, 1.54) is 6.92 Å². The molecule has 152 valence electrons. The van der Waals surface area contributed by atoms with Gasteiger partial charge in [-0.25, -0.2) is 4.79 Å². The lowest BCUT2D eigenvalue weighted by Crippen LogP contribution is -2.54. The van der Waals surface area contributed by atoms with E-state index < -0.39 is 11.5 Å². The maximum atomic E-state index is 12.8. The van der Waals surface area contributed by atoms with Crippen molar-refractivity contribution in [3.8, 4) is 0 Å². The number of hydrogen-bond donors (Lipinski definition) is 2. The Morgan fingerprint density at radius 1 is 1.14 bits per heavy atom. The summed E-state index contributed by atoms with van der Waals surface area (Å²) in [5.74, 6) is -0.700. The van der Waals surface area contributed by atoms with E-state index in [1.807, 2.05) is 38.1 Å². The van der Waals surface area contributed by atoms with Crippen molar-refractivity contribution in [2.24, 2.45) is 0 Å². The van der Waals surface area contributed by atoms with E-state index in [4.69, 9.17) is 4.74 Å². The van der Waals surface area contributed by atoms with Crippen LogP contribution in [0.3, 0.4) is 0 Å². The standard InChI is InChI=1S/C22H25N3O4/c1-15(26)23-17-9-6-8-16(14-17)20(27)29-13-7-12-25-19-11-5-4-10-18(19)24-22(2,3)21(25)28/h4-6,8-11,14,24H,7,12-13H2,1-3H3,(H,23,26). The summed E-state index contributed by atoms with van der Waals surface area (Å²) in [4.78, 5) is 38.0. The zero-order valence-electron chi connectivity index (χ0n) is 16.8. The van der Waals surface area contributed by atoms with Crippen LogP contribution in [0.2, 0.25) is 0 Å². The second kappa shape index (κ2) is 8.34. The molecule has 0 bridgehead atoms. The number of esters is 1. The molecule has 0 saturated heterocycles. The summed E-state index contributed by atoms with van der Waals surface area (Å²) in [5, 5.41) is 5.89. The molecule has 0 aliphatic carbocycles. The quantitative estimate of drug-likeness (QED) is 0.578. The predicted molar refractivity (Wildman–Crippen MR) is 112 cm³/mol. The van der Waals surface area contributed by atoms with Crippen molar-refractivity contribution in [2.45, 2.75) is 32.7 Å². The molecule has 0 atom stereocenters. The van der Waals surface area contributed by atoms with E-state index in [9.17, 15) is 14.4 Å². The number of carbonyl (C=O) groups is 3. The van der Waals surface area contributed by atoms with E-state index in [-0.39, 0.29) is 18.4 Å². The number of nitrogens with one attached hydrogen (secondary N) is 2. The fourth-order valence-electron chi connectivity index (χ4n) is 3.27. The van der Waals surface area contributed by atoms with Crippen LogP contribution in [-0.2, 0) is 14.3 Å². The molecule has 0 unspecified atom stereocenters. The minimum atomic E-state index is -0.699. The van der Waals surface area contributed by atoms with Crippen molar-refractivity contribution in [3.63, 3.8) is 0 Å². The first-order valence-electron chi connectivity index (χ1n) is 9.52.